The number of nitro benzene ring substituents is 1. The highest BCUT2D eigenvalue weighted by atomic mass is 16.6. The van der Waals surface area contributed by atoms with Gasteiger partial charge in [-0.3, -0.25) is 19.7 Å². The highest BCUT2D eigenvalue weighted by molar-refractivity contribution is 6.30. The molecular weight excluding hydrogens is 364 g/mol. The van der Waals surface area contributed by atoms with E-state index in [2.05, 4.69) is 5.32 Å². The van der Waals surface area contributed by atoms with Crippen LogP contribution in [0, 0.1) is 10.1 Å². The van der Waals surface area contributed by atoms with Crippen LogP contribution in [0.25, 0.3) is 0 Å². The normalized spacial score (nSPS) is 12.3. The summed E-state index contributed by atoms with van der Waals surface area (Å²) < 4.78 is 0. The number of phenols is 2. The molecule has 0 unspecified atom stereocenters. The lowest BCUT2D eigenvalue weighted by atomic mass is 9.82. The summed E-state index contributed by atoms with van der Waals surface area (Å²) in [5.74, 6) is -2.42. The van der Waals surface area contributed by atoms with Crippen molar-refractivity contribution in [1.29, 1.82) is 0 Å². The predicted octanol–water partition coefficient (Wildman–Crippen LogP) is 3.53. The Hall–Kier alpha value is -4.20. The second-order valence-corrected chi connectivity index (χ2v) is 6.18. The zero-order chi connectivity index (χ0) is 20.0. The van der Waals surface area contributed by atoms with E-state index in [9.17, 15) is 29.9 Å². The number of rotatable bonds is 3. The molecule has 0 aliphatic heterocycles. The summed E-state index contributed by atoms with van der Waals surface area (Å²) in [6.45, 7) is 0. The fraction of sp³-hybridized carbons (Fsp3) is 0. The van der Waals surface area contributed by atoms with Gasteiger partial charge in [0.05, 0.1) is 10.6 Å². The summed E-state index contributed by atoms with van der Waals surface area (Å²) >= 11 is 0. The minimum atomic E-state index is -0.899. The lowest BCUT2D eigenvalue weighted by molar-refractivity contribution is -0.386. The molecule has 0 amide bonds. The number of carbonyl (C=O) groups excluding carboxylic acids is 2. The average Bonchev–Trinajstić information content (AvgIpc) is 2.67. The van der Waals surface area contributed by atoms with Crippen LogP contribution in [-0.2, 0) is 0 Å². The van der Waals surface area contributed by atoms with E-state index in [1.165, 1.54) is 18.2 Å². The molecule has 8 nitrogen and oxygen atoms in total. The topological polar surface area (TPSA) is 130 Å². The van der Waals surface area contributed by atoms with Gasteiger partial charge in [-0.2, -0.15) is 0 Å². The monoisotopic (exact) mass is 376 g/mol. The van der Waals surface area contributed by atoms with Crippen LogP contribution in [0.4, 0.5) is 17.1 Å². The van der Waals surface area contributed by atoms with Crippen molar-refractivity contribution in [3.05, 3.63) is 87.0 Å². The molecule has 0 saturated carbocycles. The molecule has 0 heterocycles. The number of nitrogens with zero attached hydrogens (tertiary/aromatic N) is 1. The maximum absolute atomic E-state index is 12.9. The number of anilines is 2. The van der Waals surface area contributed by atoms with Crippen molar-refractivity contribution >= 4 is 28.6 Å². The summed E-state index contributed by atoms with van der Waals surface area (Å²) in [6.07, 6.45) is 0. The molecule has 0 radical (unpaired) electrons. The van der Waals surface area contributed by atoms with Crippen molar-refractivity contribution in [3.8, 4) is 11.5 Å². The number of nitrogens with one attached hydrogen (secondary N) is 1. The summed E-state index contributed by atoms with van der Waals surface area (Å²) in [5, 5.41) is 34.6. The fourth-order valence-electron chi connectivity index (χ4n) is 3.22. The first-order chi connectivity index (χ1) is 13.4. The van der Waals surface area contributed by atoms with Crippen molar-refractivity contribution in [2.45, 2.75) is 0 Å². The van der Waals surface area contributed by atoms with Crippen molar-refractivity contribution in [2.75, 3.05) is 5.32 Å². The molecule has 4 rings (SSSR count). The maximum atomic E-state index is 12.9. The standard InChI is InChI=1S/C20H12N2O6/c23-11-6-7-12-13(8-11)19(25)16-14(18(12)24)9-15(20(26)17(16)22(27)28)21-10-4-2-1-3-5-10/h1-9,21,23,26H. The van der Waals surface area contributed by atoms with E-state index >= 15 is 0 Å². The Kier molecular flexibility index (Phi) is 3.82. The van der Waals surface area contributed by atoms with Crippen LogP contribution in [0.15, 0.2) is 54.6 Å². The molecule has 0 aromatic heterocycles. The summed E-state index contributed by atoms with van der Waals surface area (Å²) in [4.78, 5) is 36.5. The molecule has 138 valence electrons. The van der Waals surface area contributed by atoms with Crippen LogP contribution in [-0.4, -0.2) is 26.7 Å². The molecular formula is C20H12N2O6. The van der Waals surface area contributed by atoms with Crippen LogP contribution < -0.4 is 5.32 Å². The molecule has 3 aromatic rings. The lowest BCUT2D eigenvalue weighted by Crippen LogP contribution is -2.22. The van der Waals surface area contributed by atoms with Crippen LogP contribution in [0.2, 0.25) is 0 Å². The van der Waals surface area contributed by atoms with Crippen molar-refractivity contribution < 1.29 is 24.7 Å². The SMILES string of the molecule is O=C1c2ccc(O)cc2C(=O)c2c1cc(Nc1ccccc1)c(O)c2[N+](=O)[O-]. The number of aromatic hydroxyl groups is 2. The minimum Gasteiger partial charge on any atom is -0.508 e. The number of benzene rings is 3. The van der Waals surface area contributed by atoms with Gasteiger partial charge < -0.3 is 15.5 Å². The van der Waals surface area contributed by atoms with Gasteiger partial charge in [0.25, 0.3) is 0 Å². The number of ketones is 2. The minimum absolute atomic E-state index is 0.0287. The van der Waals surface area contributed by atoms with Crippen molar-refractivity contribution in [3.63, 3.8) is 0 Å². The van der Waals surface area contributed by atoms with Gasteiger partial charge >= 0.3 is 5.69 Å². The Morgan fingerprint density at radius 3 is 2.25 bits per heavy atom. The smallest absolute Gasteiger partial charge is 0.324 e. The second kappa shape index (κ2) is 6.20. The summed E-state index contributed by atoms with van der Waals surface area (Å²) in [5.41, 5.74) is -1.20. The van der Waals surface area contributed by atoms with E-state index in [0.717, 1.165) is 6.07 Å². The number of para-hydroxylation sites is 1. The second-order valence-electron chi connectivity index (χ2n) is 6.18. The molecule has 3 aromatic carbocycles. The van der Waals surface area contributed by atoms with Gasteiger partial charge in [0.1, 0.15) is 11.3 Å². The van der Waals surface area contributed by atoms with Gasteiger partial charge in [-0.15, -0.1) is 0 Å². The first-order valence-corrected chi connectivity index (χ1v) is 8.17. The molecule has 28 heavy (non-hydrogen) atoms. The Labute approximate surface area is 157 Å². The Morgan fingerprint density at radius 2 is 1.57 bits per heavy atom. The van der Waals surface area contributed by atoms with E-state index in [1.54, 1.807) is 30.3 Å². The van der Waals surface area contributed by atoms with E-state index in [-0.39, 0.29) is 28.1 Å². The van der Waals surface area contributed by atoms with Gasteiger partial charge in [-0.1, -0.05) is 18.2 Å². The molecule has 0 fully saturated rings. The Balaban J connectivity index is 1.97. The van der Waals surface area contributed by atoms with Crippen LogP contribution >= 0.6 is 0 Å². The summed E-state index contributed by atoms with van der Waals surface area (Å²) in [7, 11) is 0. The third-order valence-electron chi connectivity index (χ3n) is 4.47. The molecule has 0 atom stereocenters. The molecule has 0 saturated heterocycles. The number of phenolic OH excluding ortho intramolecular Hbond substituents is 2. The average molecular weight is 376 g/mol. The van der Waals surface area contributed by atoms with Gasteiger partial charge in [0.2, 0.25) is 11.5 Å². The van der Waals surface area contributed by atoms with Crippen molar-refractivity contribution in [1.82, 2.24) is 0 Å². The zero-order valence-electron chi connectivity index (χ0n) is 14.2. The Bertz CT molecular complexity index is 1170. The largest absolute Gasteiger partial charge is 0.508 e. The van der Waals surface area contributed by atoms with E-state index in [0.29, 0.717) is 5.69 Å². The molecule has 0 spiro atoms. The molecule has 8 heteroatoms. The van der Waals surface area contributed by atoms with E-state index < -0.39 is 33.5 Å². The first kappa shape index (κ1) is 17.2. The van der Waals surface area contributed by atoms with Gasteiger partial charge in [0, 0.05) is 22.4 Å². The van der Waals surface area contributed by atoms with Gasteiger partial charge in [0.15, 0.2) is 5.78 Å². The van der Waals surface area contributed by atoms with Crippen LogP contribution in [0.3, 0.4) is 0 Å². The lowest BCUT2D eigenvalue weighted by Gasteiger charge is -2.20. The van der Waals surface area contributed by atoms with Crippen LogP contribution in [0.1, 0.15) is 31.8 Å². The number of fused-ring (bicyclic) bond motifs is 2. The number of hydrogen-bond acceptors (Lipinski definition) is 7. The van der Waals surface area contributed by atoms with Gasteiger partial charge in [-0.25, -0.2) is 0 Å². The highest BCUT2D eigenvalue weighted by Crippen LogP contribution is 2.44. The quantitative estimate of drug-likeness (QED) is 0.283. The zero-order valence-corrected chi connectivity index (χ0v) is 14.2. The van der Waals surface area contributed by atoms with Crippen LogP contribution in [0.5, 0.6) is 11.5 Å². The predicted molar refractivity (Wildman–Crippen MR) is 99.5 cm³/mol. The molecule has 3 N–H and O–H groups in total. The molecule has 1 aliphatic carbocycles. The first-order valence-electron chi connectivity index (χ1n) is 8.17. The third-order valence-corrected chi connectivity index (χ3v) is 4.47. The molecule has 0 bridgehead atoms. The third kappa shape index (κ3) is 2.55. The van der Waals surface area contributed by atoms with E-state index in [1.807, 2.05) is 0 Å². The van der Waals surface area contributed by atoms with Crippen molar-refractivity contribution in [2.24, 2.45) is 0 Å². The number of hydrogen-bond donors (Lipinski definition) is 3. The molecule has 1 aliphatic rings. The Morgan fingerprint density at radius 1 is 0.857 bits per heavy atom. The van der Waals surface area contributed by atoms with Gasteiger partial charge in [-0.05, 0) is 36.4 Å². The van der Waals surface area contributed by atoms with E-state index in [4.69, 9.17) is 0 Å². The summed E-state index contributed by atoms with van der Waals surface area (Å²) in [6, 6.07) is 13.4. The number of nitro groups is 1. The maximum Gasteiger partial charge on any atom is 0.324 e. The fourth-order valence-corrected chi connectivity index (χ4v) is 3.22. The highest BCUT2D eigenvalue weighted by Gasteiger charge is 2.39. The number of carbonyl (C=O) groups is 2.